The molecule has 1 fully saturated rings. The van der Waals surface area contributed by atoms with Crippen molar-refractivity contribution >= 4 is 24.3 Å². The van der Waals surface area contributed by atoms with Gasteiger partial charge in [0.2, 0.25) is 0 Å². The van der Waals surface area contributed by atoms with Crippen LogP contribution >= 0.6 is 12.4 Å². The second-order valence-electron chi connectivity index (χ2n) is 5.66. The van der Waals surface area contributed by atoms with Gasteiger partial charge < -0.3 is 9.64 Å². The molecule has 0 N–H and O–H groups in total. The smallest absolute Gasteiger partial charge is 0.163 e. The number of carbonyl (C=O) groups is 1. The molecule has 1 aromatic rings. The van der Waals surface area contributed by atoms with E-state index in [2.05, 4.69) is 4.90 Å². The topological polar surface area (TPSA) is 29.5 Å². The lowest BCUT2D eigenvalue weighted by molar-refractivity contribution is -0.120. The van der Waals surface area contributed by atoms with Crippen LogP contribution in [0.1, 0.15) is 24.8 Å². The van der Waals surface area contributed by atoms with Gasteiger partial charge in [-0.15, -0.1) is 12.4 Å². The highest BCUT2D eigenvalue weighted by molar-refractivity contribution is 6.01. The van der Waals surface area contributed by atoms with Crippen LogP contribution in [-0.4, -0.2) is 38.4 Å². The first-order valence-electron chi connectivity index (χ1n) is 7.13. The molecule has 0 amide bonds. The molecule has 1 aliphatic rings. The van der Waals surface area contributed by atoms with Crippen molar-refractivity contribution in [3.63, 3.8) is 0 Å². The lowest BCUT2D eigenvalue weighted by Gasteiger charge is -2.25. The third-order valence-corrected chi connectivity index (χ3v) is 3.73. The average molecular weight is 310 g/mol. The minimum atomic E-state index is 0. The van der Waals surface area contributed by atoms with Gasteiger partial charge in [0.05, 0.1) is 7.11 Å². The van der Waals surface area contributed by atoms with Gasteiger partial charge in [-0.1, -0.05) is 12.1 Å². The predicted molar refractivity (Wildman–Crippen MR) is 89.1 cm³/mol. The maximum absolute atomic E-state index is 12.5. The van der Waals surface area contributed by atoms with Crippen LogP contribution in [0.5, 0.6) is 5.75 Å². The first-order chi connectivity index (χ1) is 9.60. The summed E-state index contributed by atoms with van der Waals surface area (Å²) in [5.74, 6) is 1.32. The van der Waals surface area contributed by atoms with Crippen molar-refractivity contribution in [1.29, 1.82) is 0 Å². The van der Waals surface area contributed by atoms with E-state index < -0.39 is 0 Å². The van der Waals surface area contributed by atoms with Crippen LogP contribution in [0.4, 0.5) is 0 Å². The number of nitrogens with zero attached hydrogens (tertiary/aromatic N) is 1. The van der Waals surface area contributed by atoms with Crippen molar-refractivity contribution in [2.45, 2.75) is 19.3 Å². The van der Waals surface area contributed by atoms with Crippen molar-refractivity contribution in [2.24, 2.45) is 5.92 Å². The molecule has 0 aliphatic heterocycles. The summed E-state index contributed by atoms with van der Waals surface area (Å²) in [5.41, 5.74) is 2.04. The molecule has 1 aliphatic carbocycles. The number of hydrogen-bond donors (Lipinski definition) is 0. The number of halogens is 1. The van der Waals surface area contributed by atoms with Gasteiger partial charge in [-0.05, 0) is 62.7 Å². The molecule has 0 radical (unpaired) electrons. The maximum Gasteiger partial charge on any atom is 0.163 e. The molecule has 1 saturated carbocycles. The molecule has 0 heterocycles. The molecule has 4 heteroatoms. The Balaban J connectivity index is 0.00000220. The molecule has 116 valence electrons. The Morgan fingerprint density at radius 3 is 2.52 bits per heavy atom. The van der Waals surface area contributed by atoms with E-state index in [1.165, 1.54) is 0 Å². The number of ether oxygens (including phenoxy) is 1. The molecule has 2 rings (SSSR count). The van der Waals surface area contributed by atoms with Gasteiger partial charge in [0, 0.05) is 12.5 Å². The summed E-state index contributed by atoms with van der Waals surface area (Å²) in [4.78, 5) is 14.6. The van der Waals surface area contributed by atoms with Gasteiger partial charge in [-0.2, -0.15) is 0 Å². The molecule has 21 heavy (non-hydrogen) atoms. The molecular formula is C17H24ClNO2. The number of Topliss-reactive ketones (excluding diaryl/α,β-unsaturated/α-hetero) is 1. The number of hydrogen-bond acceptors (Lipinski definition) is 3. The summed E-state index contributed by atoms with van der Waals surface area (Å²) in [6.07, 6.45) is 5.04. The second-order valence-corrected chi connectivity index (χ2v) is 5.66. The number of ketones is 1. The molecule has 3 nitrogen and oxygen atoms in total. The Labute approximate surface area is 133 Å². The van der Waals surface area contributed by atoms with Crippen LogP contribution in [0.2, 0.25) is 0 Å². The molecular weight excluding hydrogens is 286 g/mol. The van der Waals surface area contributed by atoms with Gasteiger partial charge >= 0.3 is 0 Å². The maximum atomic E-state index is 12.5. The Morgan fingerprint density at radius 2 is 1.95 bits per heavy atom. The summed E-state index contributed by atoms with van der Waals surface area (Å²) in [6.45, 7) is 0.846. The van der Waals surface area contributed by atoms with Crippen molar-refractivity contribution < 1.29 is 9.53 Å². The van der Waals surface area contributed by atoms with Crippen molar-refractivity contribution in [1.82, 2.24) is 4.90 Å². The van der Waals surface area contributed by atoms with E-state index in [0.29, 0.717) is 5.78 Å². The summed E-state index contributed by atoms with van der Waals surface area (Å²) in [5, 5.41) is 0. The third kappa shape index (κ3) is 4.87. The van der Waals surface area contributed by atoms with E-state index in [1.54, 1.807) is 7.11 Å². The highest BCUT2D eigenvalue weighted by Crippen LogP contribution is 2.27. The molecule has 1 unspecified atom stereocenters. The normalized spacial score (nSPS) is 20.5. The number of allylic oxidation sites excluding steroid dienone is 1. The number of rotatable bonds is 4. The van der Waals surface area contributed by atoms with E-state index in [1.807, 2.05) is 44.4 Å². The van der Waals surface area contributed by atoms with Crippen LogP contribution in [0.3, 0.4) is 0 Å². The number of carbonyl (C=O) groups excluding carboxylic acids is 1. The minimum absolute atomic E-state index is 0. The quantitative estimate of drug-likeness (QED) is 0.798. The monoisotopic (exact) mass is 309 g/mol. The van der Waals surface area contributed by atoms with Gasteiger partial charge in [0.25, 0.3) is 0 Å². The fourth-order valence-electron chi connectivity index (χ4n) is 2.71. The fourth-order valence-corrected chi connectivity index (χ4v) is 2.71. The van der Waals surface area contributed by atoms with Crippen molar-refractivity contribution in [3.05, 3.63) is 35.4 Å². The van der Waals surface area contributed by atoms with Crippen LogP contribution in [-0.2, 0) is 4.79 Å². The standard InChI is InChI=1S/C17H23NO2.ClH/c1-18(2)12-15-6-4-5-14(17(15)19)11-13-7-9-16(20-3)10-8-13;/h7-11,15H,4-6,12H2,1-3H3;1H/b14-11-;. The summed E-state index contributed by atoms with van der Waals surface area (Å²) < 4.78 is 5.15. The first-order valence-corrected chi connectivity index (χ1v) is 7.13. The molecule has 1 atom stereocenters. The molecule has 0 saturated heterocycles. The molecule has 0 bridgehead atoms. The van der Waals surface area contributed by atoms with Crippen molar-refractivity contribution in [2.75, 3.05) is 27.7 Å². The molecule has 0 aromatic heterocycles. The molecule has 1 aromatic carbocycles. The zero-order valence-corrected chi connectivity index (χ0v) is 13.8. The minimum Gasteiger partial charge on any atom is -0.497 e. The van der Waals surface area contributed by atoms with Crippen LogP contribution in [0, 0.1) is 5.92 Å². The SMILES string of the molecule is COc1ccc(/C=C2/CCCC(CN(C)C)C2=O)cc1.Cl. The number of methoxy groups -OCH3 is 1. The van der Waals surface area contributed by atoms with Crippen LogP contribution in [0.15, 0.2) is 29.8 Å². The van der Waals surface area contributed by atoms with Crippen molar-refractivity contribution in [3.8, 4) is 5.75 Å². The predicted octanol–water partition coefficient (Wildman–Crippen LogP) is 3.43. The third-order valence-electron chi connectivity index (χ3n) is 3.73. The van der Waals surface area contributed by atoms with Crippen LogP contribution < -0.4 is 4.74 Å². The zero-order chi connectivity index (χ0) is 14.5. The van der Waals surface area contributed by atoms with Crippen LogP contribution in [0.25, 0.3) is 6.08 Å². The Kier molecular flexibility index (Phi) is 6.93. The Bertz CT molecular complexity index is 494. The first kappa shape index (κ1) is 17.7. The summed E-state index contributed by atoms with van der Waals surface area (Å²) in [6, 6.07) is 7.84. The number of benzene rings is 1. The van der Waals surface area contributed by atoms with Gasteiger partial charge in [0.1, 0.15) is 5.75 Å². The second kappa shape index (κ2) is 8.20. The van der Waals surface area contributed by atoms with Gasteiger partial charge in [-0.3, -0.25) is 4.79 Å². The van der Waals surface area contributed by atoms with E-state index in [0.717, 1.165) is 42.7 Å². The zero-order valence-electron chi connectivity index (χ0n) is 13.0. The lowest BCUT2D eigenvalue weighted by atomic mass is 9.83. The average Bonchev–Trinajstić information content (AvgIpc) is 2.43. The largest absolute Gasteiger partial charge is 0.497 e. The van der Waals surface area contributed by atoms with E-state index in [9.17, 15) is 4.79 Å². The van der Waals surface area contributed by atoms with E-state index in [4.69, 9.17) is 4.74 Å². The molecule has 0 spiro atoms. The van der Waals surface area contributed by atoms with E-state index >= 15 is 0 Å². The summed E-state index contributed by atoms with van der Waals surface area (Å²) >= 11 is 0. The fraction of sp³-hybridized carbons (Fsp3) is 0.471. The highest BCUT2D eigenvalue weighted by atomic mass is 35.5. The van der Waals surface area contributed by atoms with Gasteiger partial charge in [0.15, 0.2) is 5.78 Å². The highest BCUT2D eigenvalue weighted by Gasteiger charge is 2.26. The van der Waals surface area contributed by atoms with E-state index in [-0.39, 0.29) is 18.3 Å². The van der Waals surface area contributed by atoms with Gasteiger partial charge in [-0.25, -0.2) is 0 Å². The lowest BCUT2D eigenvalue weighted by Crippen LogP contribution is -2.31. The Morgan fingerprint density at radius 1 is 1.29 bits per heavy atom. The Hall–Kier alpha value is -1.32. The summed E-state index contributed by atoms with van der Waals surface area (Å²) in [7, 11) is 5.70.